The highest BCUT2D eigenvalue weighted by molar-refractivity contribution is 6.77. The Morgan fingerprint density at radius 3 is 2.28 bits per heavy atom. The molecule has 1 aliphatic rings. The van der Waals surface area contributed by atoms with E-state index in [-0.39, 0.29) is 22.5 Å². The summed E-state index contributed by atoms with van der Waals surface area (Å²) in [6.45, 7) is 9.76. The smallest absolute Gasteiger partial charge is 0.314 e. The molecule has 0 bridgehead atoms. The maximum atomic E-state index is 12.7. The number of hydrogen-bond acceptors (Lipinski definition) is 5. The molecule has 7 heteroatoms. The Balaban J connectivity index is 1.53. The zero-order valence-corrected chi connectivity index (χ0v) is 25.4. The fraction of sp³-hybridized carbons (Fsp3) is 0.594. The number of unbranched alkanes of at least 4 members (excludes halogenated alkanes) is 3. The molecule has 0 unspecified atom stereocenters. The van der Waals surface area contributed by atoms with E-state index in [4.69, 9.17) is 9.47 Å². The minimum absolute atomic E-state index is 0.0255. The number of nitro groups is 1. The summed E-state index contributed by atoms with van der Waals surface area (Å²) in [5.74, 6) is 1.40. The van der Waals surface area contributed by atoms with E-state index in [0.29, 0.717) is 18.1 Å². The van der Waals surface area contributed by atoms with Crippen molar-refractivity contribution < 1.29 is 19.2 Å². The highest BCUT2D eigenvalue weighted by Crippen LogP contribution is 2.35. The number of carbonyl (C=O) groups excluding carboxylic acids is 1. The van der Waals surface area contributed by atoms with E-state index in [1.165, 1.54) is 37.8 Å². The van der Waals surface area contributed by atoms with Crippen molar-refractivity contribution in [3.05, 3.63) is 52.6 Å². The normalized spacial score (nSPS) is 17.5. The molecule has 0 amide bonds. The van der Waals surface area contributed by atoms with Crippen LogP contribution in [0.4, 0.5) is 5.69 Å². The monoisotopic (exact) mass is 553 g/mol. The predicted molar refractivity (Wildman–Crippen MR) is 161 cm³/mol. The van der Waals surface area contributed by atoms with Gasteiger partial charge in [0.2, 0.25) is 0 Å². The summed E-state index contributed by atoms with van der Waals surface area (Å²) >= 11 is 0. The first kappa shape index (κ1) is 30.9. The van der Waals surface area contributed by atoms with Crippen molar-refractivity contribution in [1.29, 1.82) is 0 Å². The van der Waals surface area contributed by atoms with E-state index in [2.05, 4.69) is 26.9 Å². The Labute approximate surface area is 235 Å². The summed E-state index contributed by atoms with van der Waals surface area (Å²) in [4.78, 5) is 24.1. The fourth-order valence-corrected chi connectivity index (χ4v) is 6.87. The number of ether oxygens (including phenoxy) is 2. The molecule has 0 saturated heterocycles. The van der Waals surface area contributed by atoms with Crippen LogP contribution in [-0.4, -0.2) is 25.6 Å². The fourth-order valence-electron chi connectivity index (χ4n) is 5.31. The van der Waals surface area contributed by atoms with Crippen molar-refractivity contribution in [3.8, 4) is 22.6 Å². The van der Waals surface area contributed by atoms with Crippen LogP contribution in [0.15, 0.2) is 42.5 Å². The second-order valence-electron chi connectivity index (χ2n) is 11.9. The van der Waals surface area contributed by atoms with Gasteiger partial charge in [-0.05, 0) is 67.3 Å². The van der Waals surface area contributed by atoms with Crippen LogP contribution in [0.1, 0.15) is 78.1 Å². The van der Waals surface area contributed by atoms with Gasteiger partial charge in [0.1, 0.15) is 5.75 Å². The number of carbonyl (C=O) groups is 1. The Morgan fingerprint density at radius 1 is 0.949 bits per heavy atom. The largest absolute Gasteiger partial charge is 0.487 e. The molecule has 0 aliphatic heterocycles. The third-order valence-electron chi connectivity index (χ3n) is 8.42. The molecule has 3 rings (SSSR count). The molecular weight excluding hydrogens is 506 g/mol. The zero-order chi connectivity index (χ0) is 28.3. The lowest BCUT2D eigenvalue weighted by Gasteiger charge is -2.27. The molecule has 0 heterocycles. The van der Waals surface area contributed by atoms with Crippen molar-refractivity contribution in [2.45, 2.75) is 103 Å². The van der Waals surface area contributed by atoms with Gasteiger partial charge in [0.05, 0.1) is 17.4 Å². The summed E-state index contributed by atoms with van der Waals surface area (Å²) in [6.07, 6.45) is 11.1. The second-order valence-corrected chi connectivity index (χ2v) is 17.5. The quantitative estimate of drug-likeness (QED) is 0.0548. The number of nitro benzene ring substituents is 1. The average Bonchev–Trinajstić information content (AvgIpc) is 2.93. The van der Waals surface area contributed by atoms with Crippen LogP contribution in [0.2, 0.25) is 25.2 Å². The van der Waals surface area contributed by atoms with Gasteiger partial charge < -0.3 is 9.47 Å². The van der Waals surface area contributed by atoms with Gasteiger partial charge in [0.25, 0.3) is 0 Å². The van der Waals surface area contributed by atoms with Crippen molar-refractivity contribution in [3.63, 3.8) is 0 Å². The molecule has 0 spiro atoms. The Kier molecular flexibility index (Phi) is 12.0. The van der Waals surface area contributed by atoms with Crippen LogP contribution in [0.5, 0.6) is 11.5 Å². The van der Waals surface area contributed by atoms with Gasteiger partial charge in [-0.15, -0.1) is 0 Å². The lowest BCUT2D eigenvalue weighted by Crippen LogP contribution is -2.25. The van der Waals surface area contributed by atoms with Crippen LogP contribution < -0.4 is 9.47 Å². The summed E-state index contributed by atoms with van der Waals surface area (Å²) < 4.78 is 11.5. The highest BCUT2D eigenvalue weighted by Gasteiger charge is 2.27. The van der Waals surface area contributed by atoms with Gasteiger partial charge in [-0.1, -0.05) is 89.3 Å². The minimum Gasteiger partial charge on any atom is -0.487 e. The van der Waals surface area contributed by atoms with Gasteiger partial charge in [-0.2, -0.15) is 0 Å². The maximum absolute atomic E-state index is 12.7. The number of hydrogen-bond donors (Lipinski definition) is 0. The van der Waals surface area contributed by atoms with Crippen molar-refractivity contribution >= 4 is 19.7 Å². The van der Waals surface area contributed by atoms with E-state index < -0.39 is 8.07 Å². The second kappa shape index (κ2) is 15.2. The Morgan fingerprint density at radius 2 is 1.64 bits per heavy atom. The Hall–Kier alpha value is -2.67. The van der Waals surface area contributed by atoms with Crippen LogP contribution in [0, 0.1) is 22.0 Å². The van der Waals surface area contributed by atoms with E-state index >= 15 is 0 Å². The molecule has 0 N–H and O–H groups in total. The van der Waals surface area contributed by atoms with Gasteiger partial charge >= 0.3 is 11.7 Å². The third-order valence-corrected chi connectivity index (χ3v) is 12.0. The molecule has 214 valence electrons. The van der Waals surface area contributed by atoms with Gasteiger partial charge in [-0.25, -0.2) is 0 Å². The summed E-state index contributed by atoms with van der Waals surface area (Å²) in [7, 11) is -1.10. The molecule has 0 atom stereocenters. The topological polar surface area (TPSA) is 78.7 Å². The standard InChI is InChI=1S/C32H47NO5Si/c1-5-7-8-11-25-12-14-27(15-13-25)32(34)38-29-19-16-26(17-20-29)28-18-21-31(30(24-28)33(35)36)37-22-9-10-23-39(3,4)6-2/h16-21,24-25,27H,5-15,22-23H2,1-4H3. The SMILES string of the molecule is CCCCCC1CCC(C(=O)Oc2ccc(-c3ccc(OCCCC[Si](C)(C)CC)c([N+](=O)[O-])c3)cc2)CC1. The average molecular weight is 554 g/mol. The lowest BCUT2D eigenvalue weighted by atomic mass is 9.80. The molecule has 6 nitrogen and oxygen atoms in total. The minimum atomic E-state index is -1.10. The van der Waals surface area contributed by atoms with E-state index in [0.717, 1.165) is 55.6 Å². The zero-order valence-electron chi connectivity index (χ0n) is 24.4. The predicted octanol–water partition coefficient (Wildman–Crippen LogP) is 9.44. The number of rotatable bonds is 15. The number of esters is 1. The Bertz CT molecular complexity index is 1060. The molecule has 0 aromatic heterocycles. The van der Waals surface area contributed by atoms with Crippen LogP contribution in [0.25, 0.3) is 11.1 Å². The van der Waals surface area contributed by atoms with Crippen LogP contribution in [0.3, 0.4) is 0 Å². The molecule has 1 aliphatic carbocycles. The first-order valence-corrected chi connectivity index (χ1v) is 18.4. The van der Waals surface area contributed by atoms with Crippen molar-refractivity contribution in [2.24, 2.45) is 11.8 Å². The molecular formula is C32H47NO5Si. The molecule has 0 radical (unpaired) electrons. The summed E-state index contributed by atoms with van der Waals surface area (Å²) in [5, 5.41) is 11.7. The van der Waals surface area contributed by atoms with Gasteiger partial charge in [0.15, 0.2) is 5.75 Å². The molecule has 2 aromatic carbocycles. The third kappa shape index (κ3) is 9.78. The highest BCUT2D eigenvalue weighted by atomic mass is 28.3. The van der Waals surface area contributed by atoms with E-state index in [9.17, 15) is 14.9 Å². The first-order valence-electron chi connectivity index (χ1n) is 15.0. The number of nitrogens with zero attached hydrogens (tertiary/aromatic N) is 1. The lowest BCUT2D eigenvalue weighted by molar-refractivity contribution is -0.385. The van der Waals surface area contributed by atoms with Crippen molar-refractivity contribution in [1.82, 2.24) is 0 Å². The van der Waals surface area contributed by atoms with Crippen molar-refractivity contribution in [2.75, 3.05) is 6.61 Å². The maximum Gasteiger partial charge on any atom is 0.314 e. The summed E-state index contributed by atoms with van der Waals surface area (Å²) in [5.41, 5.74) is 1.52. The molecule has 39 heavy (non-hydrogen) atoms. The van der Waals surface area contributed by atoms with Crippen LogP contribution >= 0.6 is 0 Å². The van der Waals surface area contributed by atoms with E-state index in [1.54, 1.807) is 24.3 Å². The molecule has 2 aromatic rings. The van der Waals surface area contributed by atoms with Crippen LogP contribution in [-0.2, 0) is 4.79 Å². The first-order chi connectivity index (χ1) is 18.7. The van der Waals surface area contributed by atoms with E-state index in [1.807, 2.05) is 18.2 Å². The molecule has 1 fully saturated rings. The summed E-state index contributed by atoms with van der Waals surface area (Å²) in [6, 6.07) is 14.8. The molecule has 1 saturated carbocycles. The van der Waals surface area contributed by atoms with Gasteiger partial charge in [-0.3, -0.25) is 14.9 Å². The number of benzene rings is 2. The van der Waals surface area contributed by atoms with Gasteiger partial charge in [0, 0.05) is 14.1 Å².